The number of sulfonamides is 1. The lowest BCUT2D eigenvalue weighted by Crippen LogP contribution is -2.27. The molecule has 3 aromatic rings. The molecule has 0 aliphatic carbocycles. The van der Waals surface area contributed by atoms with Gasteiger partial charge in [0.15, 0.2) is 4.80 Å². The van der Waals surface area contributed by atoms with Gasteiger partial charge in [-0.2, -0.15) is 4.31 Å². The molecule has 1 aliphatic rings. The van der Waals surface area contributed by atoms with Gasteiger partial charge in [-0.05, 0) is 56.5 Å². The van der Waals surface area contributed by atoms with Gasteiger partial charge in [0.2, 0.25) is 10.0 Å². The van der Waals surface area contributed by atoms with Crippen molar-refractivity contribution in [1.82, 2.24) is 8.87 Å². The third kappa shape index (κ3) is 4.08. The molecule has 0 N–H and O–H groups in total. The summed E-state index contributed by atoms with van der Waals surface area (Å²) in [5, 5.41) is 2.08. The van der Waals surface area contributed by atoms with Crippen LogP contribution in [0, 0.1) is 6.92 Å². The van der Waals surface area contributed by atoms with Crippen LogP contribution in [-0.2, 0) is 16.6 Å². The third-order valence-corrected chi connectivity index (χ3v) is 8.00. The van der Waals surface area contributed by atoms with E-state index in [9.17, 15) is 8.42 Å². The van der Waals surface area contributed by atoms with E-state index in [-0.39, 0.29) is 0 Å². The van der Waals surface area contributed by atoms with Crippen molar-refractivity contribution in [1.29, 1.82) is 0 Å². The van der Waals surface area contributed by atoms with Crippen LogP contribution in [0.3, 0.4) is 0 Å². The van der Waals surface area contributed by atoms with Crippen molar-refractivity contribution in [3.05, 3.63) is 64.3 Å². The van der Waals surface area contributed by atoms with Crippen LogP contribution in [0.5, 0.6) is 0 Å². The number of aromatic nitrogens is 1. The zero-order valence-electron chi connectivity index (χ0n) is 16.7. The van der Waals surface area contributed by atoms with E-state index in [2.05, 4.69) is 35.9 Å². The molecule has 0 spiro atoms. The monoisotopic (exact) mass is 427 g/mol. The summed E-state index contributed by atoms with van der Waals surface area (Å²) in [6.45, 7) is 6.18. The quantitative estimate of drug-likeness (QED) is 0.599. The first-order chi connectivity index (χ1) is 14.0. The van der Waals surface area contributed by atoms with Gasteiger partial charge in [0.05, 0.1) is 16.3 Å². The van der Waals surface area contributed by atoms with Crippen molar-refractivity contribution in [3.8, 4) is 11.3 Å². The molecule has 7 heteroatoms. The van der Waals surface area contributed by atoms with E-state index in [4.69, 9.17) is 4.99 Å². The summed E-state index contributed by atoms with van der Waals surface area (Å²) in [6, 6.07) is 15.4. The maximum Gasteiger partial charge on any atom is 0.243 e. The molecule has 0 radical (unpaired) electrons. The van der Waals surface area contributed by atoms with Crippen LogP contribution in [-0.4, -0.2) is 30.4 Å². The lowest BCUT2D eigenvalue weighted by atomic mass is 10.2. The minimum Gasteiger partial charge on any atom is -0.317 e. The fourth-order valence-corrected chi connectivity index (χ4v) is 6.07. The molecule has 4 rings (SSSR count). The SMILES string of the molecule is CCn1c(-c2ccc(S(=O)(=O)N3CCCC3)cc2)csc1=Nc1ccc(C)cc1. The normalized spacial score (nSPS) is 15.9. The van der Waals surface area contributed by atoms with Gasteiger partial charge in [-0.3, -0.25) is 0 Å². The Morgan fingerprint density at radius 2 is 1.66 bits per heavy atom. The van der Waals surface area contributed by atoms with Gasteiger partial charge in [-0.15, -0.1) is 11.3 Å². The minimum atomic E-state index is -3.38. The zero-order chi connectivity index (χ0) is 20.4. The van der Waals surface area contributed by atoms with Crippen LogP contribution >= 0.6 is 11.3 Å². The summed E-state index contributed by atoms with van der Waals surface area (Å²) >= 11 is 1.59. The summed E-state index contributed by atoms with van der Waals surface area (Å²) in [5.74, 6) is 0. The molecule has 2 heterocycles. The average Bonchev–Trinajstić information content (AvgIpc) is 3.40. The van der Waals surface area contributed by atoms with Crippen LogP contribution in [0.15, 0.2) is 63.8 Å². The number of aryl methyl sites for hydroxylation is 1. The van der Waals surface area contributed by atoms with Gasteiger partial charge >= 0.3 is 0 Å². The highest BCUT2D eigenvalue weighted by Crippen LogP contribution is 2.25. The maximum absolute atomic E-state index is 12.7. The topological polar surface area (TPSA) is 54.7 Å². The van der Waals surface area contributed by atoms with Crippen molar-refractivity contribution < 1.29 is 8.42 Å². The molecule has 0 atom stereocenters. The third-order valence-electron chi connectivity index (χ3n) is 5.23. The van der Waals surface area contributed by atoms with E-state index in [1.165, 1.54) is 5.56 Å². The first-order valence-corrected chi connectivity index (χ1v) is 12.2. The Hall–Kier alpha value is -2.22. The number of thiazole rings is 1. The van der Waals surface area contributed by atoms with Gasteiger partial charge < -0.3 is 4.57 Å². The molecule has 0 unspecified atom stereocenters. The summed E-state index contributed by atoms with van der Waals surface area (Å²) in [6.07, 6.45) is 1.88. The second kappa shape index (κ2) is 8.26. The number of rotatable bonds is 5. The van der Waals surface area contributed by atoms with Crippen LogP contribution in [0.2, 0.25) is 0 Å². The van der Waals surface area contributed by atoms with Gasteiger partial charge in [0.1, 0.15) is 0 Å². The summed E-state index contributed by atoms with van der Waals surface area (Å²) in [5.41, 5.74) is 4.18. The second-order valence-electron chi connectivity index (χ2n) is 7.23. The lowest BCUT2D eigenvalue weighted by molar-refractivity contribution is 0.477. The van der Waals surface area contributed by atoms with Gasteiger partial charge in [-0.1, -0.05) is 29.8 Å². The molecule has 5 nitrogen and oxygen atoms in total. The predicted molar refractivity (Wildman–Crippen MR) is 118 cm³/mol. The molecule has 2 aromatic carbocycles. The van der Waals surface area contributed by atoms with Gasteiger partial charge in [-0.25, -0.2) is 13.4 Å². The lowest BCUT2D eigenvalue weighted by Gasteiger charge is -2.15. The van der Waals surface area contributed by atoms with Crippen molar-refractivity contribution >= 4 is 27.0 Å². The van der Waals surface area contributed by atoms with E-state index in [1.807, 2.05) is 24.3 Å². The molecule has 1 aliphatic heterocycles. The highest BCUT2D eigenvalue weighted by molar-refractivity contribution is 7.89. The first kappa shape index (κ1) is 20.1. The number of benzene rings is 2. The highest BCUT2D eigenvalue weighted by Gasteiger charge is 2.27. The molecule has 0 amide bonds. The Labute approximate surface area is 176 Å². The van der Waals surface area contributed by atoms with Crippen LogP contribution in [0.25, 0.3) is 11.3 Å². The van der Waals surface area contributed by atoms with E-state index >= 15 is 0 Å². The molecular formula is C22H25N3O2S2. The van der Waals surface area contributed by atoms with E-state index in [0.29, 0.717) is 18.0 Å². The fraction of sp³-hybridized carbons (Fsp3) is 0.318. The van der Waals surface area contributed by atoms with Crippen molar-refractivity contribution in [2.75, 3.05) is 13.1 Å². The Bertz CT molecular complexity index is 1150. The molecule has 1 aromatic heterocycles. The smallest absolute Gasteiger partial charge is 0.243 e. The largest absolute Gasteiger partial charge is 0.317 e. The maximum atomic E-state index is 12.7. The van der Waals surface area contributed by atoms with E-state index < -0.39 is 10.0 Å². The number of nitrogens with zero attached hydrogens (tertiary/aromatic N) is 3. The van der Waals surface area contributed by atoms with Gasteiger partial charge in [0.25, 0.3) is 0 Å². The Morgan fingerprint density at radius 1 is 1.00 bits per heavy atom. The number of hydrogen-bond acceptors (Lipinski definition) is 4. The standard InChI is InChI=1S/C22H25N3O2S2/c1-3-25-21(16-28-22(25)23-19-10-6-17(2)7-11-19)18-8-12-20(13-9-18)29(26,27)24-14-4-5-15-24/h6-13,16H,3-5,14-15H2,1-2H3. The number of hydrogen-bond donors (Lipinski definition) is 0. The highest BCUT2D eigenvalue weighted by atomic mass is 32.2. The van der Waals surface area contributed by atoms with Crippen molar-refractivity contribution in [3.63, 3.8) is 0 Å². The summed E-state index contributed by atoms with van der Waals surface area (Å²) < 4.78 is 29.2. The molecule has 1 fully saturated rings. The molecule has 1 saturated heterocycles. The van der Waals surface area contributed by atoms with Crippen LogP contribution < -0.4 is 4.80 Å². The molecular weight excluding hydrogens is 402 g/mol. The van der Waals surface area contributed by atoms with E-state index in [1.54, 1.807) is 27.8 Å². The molecule has 0 bridgehead atoms. The predicted octanol–water partition coefficient (Wildman–Crippen LogP) is 4.56. The van der Waals surface area contributed by atoms with Crippen molar-refractivity contribution in [2.45, 2.75) is 38.1 Å². The summed E-state index contributed by atoms with van der Waals surface area (Å²) in [7, 11) is -3.38. The average molecular weight is 428 g/mol. The van der Waals surface area contributed by atoms with E-state index in [0.717, 1.165) is 41.1 Å². The first-order valence-electron chi connectivity index (χ1n) is 9.89. The Morgan fingerprint density at radius 3 is 2.28 bits per heavy atom. The second-order valence-corrected chi connectivity index (χ2v) is 10.0. The van der Waals surface area contributed by atoms with Crippen LogP contribution in [0.1, 0.15) is 25.3 Å². The summed E-state index contributed by atoms with van der Waals surface area (Å²) in [4.78, 5) is 6.08. The van der Waals surface area contributed by atoms with Crippen molar-refractivity contribution in [2.24, 2.45) is 4.99 Å². The molecule has 29 heavy (non-hydrogen) atoms. The molecule has 152 valence electrons. The Kier molecular flexibility index (Phi) is 5.72. The fourth-order valence-electron chi connectivity index (χ4n) is 3.56. The Balaban J connectivity index is 1.67. The minimum absolute atomic E-state index is 0.367. The molecule has 0 saturated carbocycles. The zero-order valence-corrected chi connectivity index (χ0v) is 18.3. The van der Waals surface area contributed by atoms with Gasteiger partial charge in [0, 0.05) is 25.0 Å². The van der Waals surface area contributed by atoms with Crippen LogP contribution in [0.4, 0.5) is 5.69 Å².